The molecule has 3 aromatic rings. The van der Waals surface area contributed by atoms with E-state index in [1.807, 2.05) is 14.0 Å². The van der Waals surface area contributed by atoms with Crippen LogP contribution in [0.1, 0.15) is 35.3 Å². The number of benzene rings is 3. The Balaban J connectivity index is 1.54. The highest BCUT2D eigenvalue weighted by Crippen LogP contribution is 2.29. The minimum Gasteiger partial charge on any atom is -0.488 e. The van der Waals surface area contributed by atoms with Gasteiger partial charge in [-0.15, -0.1) is 0 Å². The number of hydrogen-bond acceptors (Lipinski definition) is 6. The highest BCUT2D eigenvalue weighted by Gasteiger charge is 2.31. The molecule has 3 atom stereocenters. The third-order valence-corrected chi connectivity index (χ3v) is 7.42. The number of nitrogens with zero attached hydrogens (tertiary/aromatic N) is 2. The number of aliphatic hydroxyl groups excluding tert-OH is 1. The van der Waals surface area contributed by atoms with Crippen LogP contribution in [0.25, 0.3) is 0 Å². The van der Waals surface area contributed by atoms with Crippen LogP contribution >= 0.6 is 0 Å². The first-order valence-electron chi connectivity index (χ1n) is 14.1. The summed E-state index contributed by atoms with van der Waals surface area (Å²) >= 11 is 0. The molecule has 0 fully saturated rings. The molecule has 1 aliphatic rings. The molecule has 0 saturated heterocycles. The minimum atomic E-state index is -0.977. The van der Waals surface area contributed by atoms with Gasteiger partial charge in [0.1, 0.15) is 17.7 Å². The van der Waals surface area contributed by atoms with Crippen molar-refractivity contribution >= 4 is 29.3 Å². The summed E-state index contributed by atoms with van der Waals surface area (Å²) in [5.74, 6) is -1.13. The van der Waals surface area contributed by atoms with Crippen molar-refractivity contribution in [1.82, 2.24) is 9.80 Å². The van der Waals surface area contributed by atoms with Gasteiger partial charge in [0.25, 0.3) is 0 Å². The van der Waals surface area contributed by atoms with Crippen molar-refractivity contribution in [1.29, 1.82) is 0 Å². The molecule has 1 heterocycles. The van der Waals surface area contributed by atoms with Crippen LogP contribution in [0.3, 0.4) is 0 Å². The minimum absolute atomic E-state index is 0.0139. The summed E-state index contributed by atoms with van der Waals surface area (Å²) in [7, 11) is 1.95. The standard InChI is InChI=1S/C32H37FN4O6/c1-20-16-37(21(2)19-38)30(39)15-24-14-27(35-32(42)34-26-10-8-25(33)9-11-26)12-13-28(24)43-29(20)18-36(3)17-22-4-6-23(7-5-22)31(40)41/h4-14,20-21,29,38H,15-19H2,1-3H3,(H,40,41)(H2,34,35,42)/t20-,21+,29+/m0/s1. The molecule has 0 saturated carbocycles. The lowest BCUT2D eigenvalue weighted by Crippen LogP contribution is -2.47. The van der Waals surface area contributed by atoms with Crippen LogP contribution < -0.4 is 15.4 Å². The van der Waals surface area contributed by atoms with Crippen molar-refractivity contribution in [3.05, 3.63) is 89.2 Å². The van der Waals surface area contributed by atoms with E-state index in [0.29, 0.717) is 42.3 Å². The van der Waals surface area contributed by atoms with Gasteiger partial charge in [-0.05, 0) is 74.1 Å². The van der Waals surface area contributed by atoms with Gasteiger partial charge in [-0.1, -0.05) is 19.1 Å². The fourth-order valence-electron chi connectivity index (χ4n) is 4.99. The Kier molecular flexibility index (Phi) is 10.3. The number of carboxylic acids is 1. The lowest BCUT2D eigenvalue weighted by atomic mass is 10.0. The molecule has 0 aromatic heterocycles. The van der Waals surface area contributed by atoms with Crippen LogP contribution in [0.4, 0.5) is 20.6 Å². The van der Waals surface area contributed by atoms with Gasteiger partial charge in [-0.25, -0.2) is 14.0 Å². The number of rotatable bonds is 9. The molecule has 43 heavy (non-hydrogen) atoms. The molecule has 3 amide bonds. The summed E-state index contributed by atoms with van der Waals surface area (Å²) < 4.78 is 19.7. The van der Waals surface area contributed by atoms with Crippen LogP contribution in [0.5, 0.6) is 5.75 Å². The van der Waals surface area contributed by atoms with Gasteiger partial charge in [0.2, 0.25) is 5.91 Å². The number of carbonyl (C=O) groups is 3. The maximum atomic E-state index is 13.5. The van der Waals surface area contributed by atoms with Crippen LogP contribution in [0.15, 0.2) is 66.7 Å². The number of likely N-dealkylation sites (N-methyl/N-ethyl adjacent to an activating group) is 1. The van der Waals surface area contributed by atoms with Gasteiger partial charge in [0, 0.05) is 42.5 Å². The van der Waals surface area contributed by atoms with E-state index in [0.717, 1.165) is 5.56 Å². The molecule has 0 radical (unpaired) electrons. The number of fused-ring (bicyclic) bond motifs is 1. The zero-order valence-corrected chi connectivity index (χ0v) is 24.4. The van der Waals surface area contributed by atoms with Crippen molar-refractivity contribution in [2.75, 3.05) is 37.4 Å². The van der Waals surface area contributed by atoms with Crippen molar-refractivity contribution in [3.8, 4) is 5.75 Å². The monoisotopic (exact) mass is 592 g/mol. The number of aromatic carboxylic acids is 1. The number of urea groups is 1. The van der Waals surface area contributed by atoms with Crippen LogP contribution in [-0.2, 0) is 17.8 Å². The summed E-state index contributed by atoms with van der Waals surface area (Å²) in [4.78, 5) is 41.0. The van der Waals surface area contributed by atoms with E-state index in [9.17, 15) is 29.0 Å². The molecule has 1 aliphatic heterocycles. The van der Waals surface area contributed by atoms with E-state index in [1.165, 1.54) is 24.3 Å². The second kappa shape index (κ2) is 14.1. The SMILES string of the molecule is C[C@H](CO)N1C[C@H](C)[C@@H](CN(C)Cc2ccc(C(=O)O)cc2)Oc2ccc(NC(=O)Nc3ccc(F)cc3)cc2CC1=O. The van der Waals surface area contributed by atoms with E-state index in [-0.39, 0.29) is 36.5 Å². The Morgan fingerprint density at radius 1 is 1.07 bits per heavy atom. The van der Waals surface area contributed by atoms with Gasteiger partial charge in [-0.3, -0.25) is 9.69 Å². The van der Waals surface area contributed by atoms with Gasteiger partial charge in [0.05, 0.1) is 24.6 Å². The molecule has 0 bridgehead atoms. The highest BCUT2D eigenvalue weighted by atomic mass is 19.1. The molecular weight excluding hydrogens is 555 g/mol. The first-order valence-corrected chi connectivity index (χ1v) is 14.1. The number of carbonyl (C=O) groups excluding carboxylic acids is 2. The van der Waals surface area contributed by atoms with Crippen molar-refractivity contribution in [2.45, 2.75) is 39.0 Å². The zero-order valence-electron chi connectivity index (χ0n) is 24.4. The van der Waals surface area contributed by atoms with E-state index >= 15 is 0 Å². The average Bonchev–Trinajstić information content (AvgIpc) is 3.01. The molecule has 4 N–H and O–H groups in total. The number of hydrogen-bond donors (Lipinski definition) is 4. The Morgan fingerprint density at radius 3 is 2.37 bits per heavy atom. The first kappa shape index (κ1) is 31.5. The van der Waals surface area contributed by atoms with Gasteiger partial charge in [0.15, 0.2) is 0 Å². The maximum absolute atomic E-state index is 13.5. The van der Waals surface area contributed by atoms with E-state index in [1.54, 1.807) is 54.3 Å². The molecule has 11 heteroatoms. The van der Waals surface area contributed by atoms with Crippen molar-refractivity contribution in [2.24, 2.45) is 5.92 Å². The molecule has 228 valence electrons. The predicted molar refractivity (Wildman–Crippen MR) is 161 cm³/mol. The average molecular weight is 593 g/mol. The number of aliphatic hydroxyl groups is 1. The van der Waals surface area contributed by atoms with Gasteiger partial charge in [-0.2, -0.15) is 0 Å². The predicted octanol–water partition coefficient (Wildman–Crippen LogP) is 4.45. The molecule has 10 nitrogen and oxygen atoms in total. The van der Waals surface area contributed by atoms with Crippen LogP contribution in [0, 0.1) is 11.7 Å². The third kappa shape index (κ3) is 8.52. The summed E-state index contributed by atoms with van der Waals surface area (Å²) in [6, 6.07) is 16.3. The molecule has 3 aromatic carbocycles. The Bertz CT molecular complexity index is 1430. The second-order valence-corrected chi connectivity index (χ2v) is 11.0. The van der Waals surface area contributed by atoms with Gasteiger partial charge >= 0.3 is 12.0 Å². The molecule has 0 aliphatic carbocycles. The molecule has 4 rings (SSSR count). The molecular formula is C32H37FN4O6. The lowest BCUT2D eigenvalue weighted by molar-refractivity contribution is -0.134. The first-order chi connectivity index (χ1) is 20.5. The Morgan fingerprint density at radius 2 is 1.72 bits per heavy atom. The number of ether oxygens (including phenoxy) is 1. The van der Waals surface area contributed by atoms with Gasteiger partial charge < -0.3 is 30.5 Å². The van der Waals surface area contributed by atoms with Crippen molar-refractivity contribution in [3.63, 3.8) is 0 Å². The molecule has 0 unspecified atom stereocenters. The fourth-order valence-corrected chi connectivity index (χ4v) is 4.99. The summed E-state index contributed by atoms with van der Waals surface area (Å²) in [6.07, 6.45) is -0.318. The Hall–Kier alpha value is -4.48. The molecule has 0 spiro atoms. The summed E-state index contributed by atoms with van der Waals surface area (Å²) in [5, 5.41) is 24.5. The number of nitrogens with one attached hydrogen (secondary N) is 2. The summed E-state index contributed by atoms with van der Waals surface area (Å²) in [6.45, 7) is 5.06. The largest absolute Gasteiger partial charge is 0.488 e. The van der Waals surface area contributed by atoms with Crippen LogP contribution in [0.2, 0.25) is 0 Å². The normalized spacial score (nSPS) is 17.6. The van der Waals surface area contributed by atoms with E-state index in [4.69, 9.17) is 4.74 Å². The number of halogens is 1. The quantitative estimate of drug-likeness (QED) is 0.289. The number of carboxylic acid groups (broad SMARTS) is 1. The lowest BCUT2D eigenvalue weighted by Gasteiger charge is -2.34. The van der Waals surface area contributed by atoms with E-state index < -0.39 is 23.9 Å². The number of amides is 3. The zero-order chi connectivity index (χ0) is 31.1. The fraction of sp³-hybridized carbons (Fsp3) is 0.344. The third-order valence-electron chi connectivity index (χ3n) is 7.42. The maximum Gasteiger partial charge on any atom is 0.335 e. The van der Waals surface area contributed by atoms with Crippen LogP contribution in [-0.4, -0.2) is 76.8 Å². The Labute approximate surface area is 250 Å². The summed E-state index contributed by atoms with van der Waals surface area (Å²) in [5.41, 5.74) is 2.63. The highest BCUT2D eigenvalue weighted by molar-refractivity contribution is 6.00. The number of anilines is 2. The van der Waals surface area contributed by atoms with E-state index in [2.05, 4.69) is 15.5 Å². The van der Waals surface area contributed by atoms with Crippen molar-refractivity contribution < 1.29 is 33.7 Å². The second-order valence-electron chi connectivity index (χ2n) is 11.0. The topological polar surface area (TPSA) is 131 Å². The smallest absolute Gasteiger partial charge is 0.335 e.